The number of pyridine rings is 2. The molecule has 5 nitrogen and oxygen atoms in total. The van der Waals surface area contributed by atoms with Crippen LogP contribution in [0, 0.1) is 0 Å². The van der Waals surface area contributed by atoms with Crippen molar-refractivity contribution in [3.05, 3.63) is 48.4 Å². The van der Waals surface area contributed by atoms with Gasteiger partial charge in [0, 0.05) is 43.2 Å². The van der Waals surface area contributed by atoms with Crippen molar-refractivity contribution in [2.24, 2.45) is 0 Å². The smallest absolute Gasteiger partial charge is 0.236 e. The first kappa shape index (κ1) is 15.6. The maximum absolute atomic E-state index is 12.2. The Balaban J connectivity index is 1.72. The third-order valence-electron chi connectivity index (χ3n) is 4.21. The number of hydrogen-bond donors (Lipinski definition) is 0. The number of carbonyl (C=O) groups excluding carboxylic acids is 1. The first-order valence-corrected chi connectivity index (χ1v) is 7.92. The molecule has 1 aliphatic rings. The van der Waals surface area contributed by atoms with Gasteiger partial charge in [-0.25, -0.2) is 0 Å². The fourth-order valence-corrected chi connectivity index (χ4v) is 3.00. The zero-order valence-electron chi connectivity index (χ0n) is 13.6. The second-order valence-corrected chi connectivity index (χ2v) is 6.28. The Hall–Kier alpha value is -2.27. The van der Waals surface area contributed by atoms with Crippen LogP contribution in [0.3, 0.4) is 0 Å². The number of aromatic nitrogens is 2. The van der Waals surface area contributed by atoms with Crippen molar-refractivity contribution < 1.29 is 4.79 Å². The van der Waals surface area contributed by atoms with Gasteiger partial charge in [-0.2, -0.15) is 0 Å². The number of hydrogen-bond acceptors (Lipinski definition) is 4. The van der Waals surface area contributed by atoms with Gasteiger partial charge in [-0.3, -0.25) is 14.8 Å². The summed E-state index contributed by atoms with van der Waals surface area (Å²) in [4.78, 5) is 24.7. The van der Waals surface area contributed by atoms with Crippen LogP contribution in [0.5, 0.6) is 0 Å². The van der Waals surface area contributed by atoms with Gasteiger partial charge in [0.2, 0.25) is 5.91 Å². The second kappa shape index (κ2) is 6.87. The summed E-state index contributed by atoms with van der Waals surface area (Å²) in [5, 5.41) is 0. The minimum atomic E-state index is 0.207. The molecule has 2 aromatic heterocycles. The number of amides is 1. The predicted octanol–water partition coefficient (Wildman–Crippen LogP) is 2.02. The van der Waals surface area contributed by atoms with Crippen LogP contribution >= 0.6 is 0 Å². The van der Waals surface area contributed by atoms with E-state index < -0.39 is 0 Å². The Kier molecular flexibility index (Phi) is 4.67. The average Bonchev–Trinajstić information content (AvgIpc) is 3.05. The van der Waals surface area contributed by atoms with Crippen LogP contribution in [0.15, 0.2) is 42.9 Å². The average molecular weight is 310 g/mol. The monoisotopic (exact) mass is 310 g/mol. The van der Waals surface area contributed by atoms with Crippen LogP contribution in [0.4, 0.5) is 0 Å². The third-order valence-corrected chi connectivity index (χ3v) is 4.21. The summed E-state index contributed by atoms with van der Waals surface area (Å²) in [6.07, 6.45) is 6.45. The third kappa shape index (κ3) is 3.74. The Bertz CT molecular complexity index is 672. The van der Waals surface area contributed by atoms with E-state index in [-0.39, 0.29) is 5.91 Å². The van der Waals surface area contributed by atoms with Crippen molar-refractivity contribution in [3.8, 4) is 11.3 Å². The number of carbonyl (C=O) groups is 1. The maximum Gasteiger partial charge on any atom is 0.236 e. The molecular formula is C18H22N4O. The molecule has 3 heterocycles. The van der Waals surface area contributed by atoms with E-state index in [9.17, 15) is 4.79 Å². The van der Waals surface area contributed by atoms with Crippen LogP contribution in [0.2, 0.25) is 0 Å². The normalized spacial score (nSPS) is 17.7. The molecule has 1 saturated heterocycles. The van der Waals surface area contributed by atoms with E-state index in [1.165, 1.54) is 5.56 Å². The molecule has 2 aromatic rings. The Morgan fingerprint density at radius 2 is 2.22 bits per heavy atom. The number of rotatable bonds is 4. The van der Waals surface area contributed by atoms with E-state index in [1.807, 2.05) is 48.4 Å². The minimum absolute atomic E-state index is 0.207. The lowest BCUT2D eigenvalue weighted by Gasteiger charge is -2.19. The molecule has 0 N–H and O–H groups in total. The highest BCUT2D eigenvalue weighted by atomic mass is 16.2. The van der Waals surface area contributed by atoms with E-state index in [4.69, 9.17) is 0 Å². The number of nitrogens with zero attached hydrogens (tertiary/aromatic N) is 4. The highest BCUT2D eigenvalue weighted by molar-refractivity contribution is 5.78. The van der Waals surface area contributed by atoms with Crippen LogP contribution in [0.25, 0.3) is 11.3 Å². The van der Waals surface area contributed by atoms with Crippen LogP contribution in [0.1, 0.15) is 17.9 Å². The molecule has 1 atom stereocenters. The van der Waals surface area contributed by atoms with Gasteiger partial charge in [0.05, 0.1) is 12.2 Å². The molecule has 0 saturated carbocycles. The fourth-order valence-electron chi connectivity index (χ4n) is 3.00. The Morgan fingerprint density at radius 1 is 1.35 bits per heavy atom. The van der Waals surface area contributed by atoms with E-state index in [0.29, 0.717) is 12.5 Å². The molecule has 3 rings (SSSR count). The SMILES string of the molecule is CN(C)CC(=O)N1CC[C@@H](c2ccnc(-c3cccnc3)c2)C1. The molecule has 0 bridgehead atoms. The molecule has 0 radical (unpaired) electrons. The number of likely N-dealkylation sites (N-methyl/N-ethyl adjacent to an activating group) is 1. The van der Waals surface area contributed by atoms with Gasteiger partial charge >= 0.3 is 0 Å². The molecule has 1 amide bonds. The Morgan fingerprint density at radius 3 is 2.96 bits per heavy atom. The highest BCUT2D eigenvalue weighted by Crippen LogP contribution is 2.29. The molecule has 0 unspecified atom stereocenters. The van der Waals surface area contributed by atoms with E-state index >= 15 is 0 Å². The Labute approximate surface area is 137 Å². The predicted molar refractivity (Wildman–Crippen MR) is 90.0 cm³/mol. The van der Waals surface area contributed by atoms with Gasteiger partial charge in [-0.15, -0.1) is 0 Å². The molecule has 1 aliphatic heterocycles. The van der Waals surface area contributed by atoms with Gasteiger partial charge in [-0.05, 0) is 50.3 Å². The quantitative estimate of drug-likeness (QED) is 0.867. The van der Waals surface area contributed by atoms with Crippen molar-refractivity contribution >= 4 is 5.91 Å². The summed E-state index contributed by atoms with van der Waals surface area (Å²) in [7, 11) is 3.85. The van der Waals surface area contributed by atoms with E-state index in [2.05, 4.69) is 22.1 Å². The van der Waals surface area contributed by atoms with Crippen LogP contribution in [-0.4, -0.2) is 59.4 Å². The first-order valence-electron chi connectivity index (χ1n) is 7.92. The van der Waals surface area contributed by atoms with Crippen molar-refractivity contribution in [2.45, 2.75) is 12.3 Å². The van der Waals surface area contributed by atoms with Crippen molar-refractivity contribution in [3.63, 3.8) is 0 Å². The summed E-state index contributed by atoms with van der Waals surface area (Å²) in [6.45, 7) is 2.11. The lowest BCUT2D eigenvalue weighted by Crippen LogP contribution is -2.36. The molecule has 1 fully saturated rings. The zero-order valence-corrected chi connectivity index (χ0v) is 13.6. The van der Waals surface area contributed by atoms with E-state index in [1.54, 1.807) is 6.20 Å². The standard InChI is InChI=1S/C18H22N4O/c1-21(2)13-18(23)22-9-6-16(12-22)14-5-8-20-17(10-14)15-4-3-7-19-11-15/h3-5,7-8,10-11,16H,6,9,12-13H2,1-2H3/t16-/m1/s1. The van der Waals surface area contributed by atoms with Crippen molar-refractivity contribution in [1.82, 2.24) is 19.8 Å². The summed E-state index contributed by atoms with van der Waals surface area (Å²) < 4.78 is 0. The molecule has 0 aromatic carbocycles. The van der Waals surface area contributed by atoms with Gasteiger partial charge in [0.25, 0.3) is 0 Å². The second-order valence-electron chi connectivity index (χ2n) is 6.28. The molecule has 0 spiro atoms. The highest BCUT2D eigenvalue weighted by Gasteiger charge is 2.27. The van der Waals surface area contributed by atoms with Gasteiger partial charge in [0.15, 0.2) is 0 Å². The zero-order chi connectivity index (χ0) is 16.2. The summed E-state index contributed by atoms with van der Waals surface area (Å²) in [6, 6.07) is 8.12. The van der Waals surface area contributed by atoms with Crippen LogP contribution in [-0.2, 0) is 4.79 Å². The lowest BCUT2D eigenvalue weighted by atomic mass is 9.98. The topological polar surface area (TPSA) is 49.3 Å². The fraction of sp³-hybridized carbons (Fsp3) is 0.389. The largest absolute Gasteiger partial charge is 0.341 e. The first-order chi connectivity index (χ1) is 11.1. The van der Waals surface area contributed by atoms with Crippen molar-refractivity contribution in [1.29, 1.82) is 0 Å². The van der Waals surface area contributed by atoms with Crippen LogP contribution < -0.4 is 0 Å². The van der Waals surface area contributed by atoms with Crippen molar-refractivity contribution in [2.75, 3.05) is 33.7 Å². The molecule has 120 valence electrons. The maximum atomic E-state index is 12.2. The summed E-state index contributed by atoms with van der Waals surface area (Å²) in [5.74, 6) is 0.596. The summed E-state index contributed by atoms with van der Waals surface area (Å²) in [5.41, 5.74) is 3.21. The minimum Gasteiger partial charge on any atom is -0.341 e. The molecule has 0 aliphatic carbocycles. The van der Waals surface area contributed by atoms with Gasteiger partial charge < -0.3 is 9.80 Å². The van der Waals surface area contributed by atoms with E-state index in [0.717, 1.165) is 30.8 Å². The molecule has 5 heteroatoms. The number of likely N-dealkylation sites (tertiary alicyclic amines) is 1. The molecule has 23 heavy (non-hydrogen) atoms. The summed E-state index contributed by atoms with van der Waals surface area (Å²) >= 11 is 0. The van der Waals surface area contributed by atoms with Gasteiger partial charge in [0.1, 0.15) is 0 Å². The van der Waals surface area contributed by atoms with Gasteiger partial charge in [-0.1, -0.05) is 0 Å². The lowest BCUT2D eigenvalue weighted by molar-refractivity contribution is -0.130. The molecular weight excluding hydrogens is 288 g/mol.